The number of nitrogens with one attached hydrogen (secondary N) is 1. The Hall–Kier alpha value is -2.50. The molecular formula is C13H16N2O4. The highest BCUT2D eigenvalue weighted by atomic mass is 16.5. The number of carbonyl (C=O) groups excluding carboxylic acids is 2. The summed E-state index contributed by atoms with van der Waals surface area (Å²) < 4.78 is 9.20. The lowest BCUT2D eigenvalue weighted by molar-refractivity contribution is -0.139. The predicted octanol–water partition coefficient (Wildman–Crippen LogP) is 0.953. The first-order valence-electron chi connectivity index (χ1n) is 5.64. The molecular weight excluding hydrogens is 248 g/mol. The average Bonchev–Trinajstić information content (AvgIpc) is 2.42. The second-order valence-electron chi connectivity index (χ2n) is 3.57. The van der Waals surface area contributed by atoms with Gasteiger partial charge in [-0.25, -0.2) is 9.59 Å². The highest BCUT2D eigenvalue weighted by Crippen LogP contribution is 2.09. The Bertz CT molecular complexity index is 454. The minimum Gasteiger partial charge on any atom is -0.466 e. The van der Waals surface area contributed by atoms with Crippen LogP contribution in [0.3, 0.4) is 0 Å². The van der Waals surface area contributed by atoms with Gasteiger partial charge in [-0.1, -0.05) is 0 Å². The zero-order valence-corrected chi connectivity index (χ0v) is 10.6. The number of rotatable bonds is 6. The van der Waals surface area contributed by atoms with Gasteiger partial charge in [0.1, 0.15) is 6.61 Å². The molecule has 102 valence electrons. The maximum Gasteiger partial charge on any atom is 0.331 e. The SMILES string of the molecule is COC(=O)/C=C/C(=O)OCCNc1ccc(N)cc1. The summed E-state index contributed by atoms with van der Waals surface area (Å²) in [4.78, 5) is 21.9. The lowest BCUT2D eigenvalue weighted by Gasteiger charge is -2.06. The van der Waals surface area contributed by atoms with Crippen molar-refractivity contribution in [1.82, 2.24) is 0 Å². The van der Waals surface area contributed by atoms with Crippen molar-refractivity contribution in [3.63, 3.8) is 0 Å². The van der Waals surface area contributed by atoms with Crippen LogP contribution in [-0.2, 0) is 19.1 Å². The van der Waals surface area contributed by atoms with E-state index in [2.05, 4.69) is 10.1 Å². The number of hydrogen-bond acceptors (Lipinski definition) is 6. The second kappa shape index (κ2) is 7.75. The van der Waals surface area contributed by atoms with Crippen molar-refractivity contribution < 1.29 is 19.1 Å². The molecule has 0 aliphatic rings. The summed E-state index contributed by atoms with van der Waals surface area (Å²) in [5.41, 5.74) is 7.12. The Labute approximate surface area is 111 Å². The van der Waals surface area contributed by atoms with Crippen molar-refractivity contribution in [1.29, 1.82) is 0 Å². The molecule has 1 rings (SSSR count). The van der Waals surface area contributed by atoms with Gasteiger partial charge in [0, 0.05) is 30.1 Å². The van der Waals surface area contributed by atoms with E-state index in [1.807, 2.05) is 12.1 Å². The molecule has 0 radical (unpaired) electrons. The summed E-state index contributed by atoms with van der Waals surface area (Å²) in [6.07, 6.45) is 2.03. The number of carbonyl (C=O) groups is 2. The van der Waals surface area contributed by atoms with Crippen LogP contribution in [0.5, 0.6) is 0 Å². The molecule has 0 aliphatic heterocycles. The third-order valence-electron chi connectivity index (χ3n) is 2.14. The Balaban J connectivity index is 2.20. The van der Waals surface area contributed by atoms with E-state index in [0.29, 0.717) is 12.2 Å². The van der Waals surface area contributed by atoms with Crippen LogP contribution in [0.25, 0.3) is 0 Å². The zero-order valence-electron chi connectivity index (χ0n) is 10.6. The highest BCUT2D eigenvalue weighted by molar-refractivity contribution is 5.91. The van der Waals surface area contributed by atoms with Crippen LogP contribution in [-0.4, -0.2) is 32.2 Å². The average molecular weight is 264 g/mol. The van der Waals surface area contributed by atoms with Crippen LogP contribution in [0.1, 0.15) is 0 Å². The number of methoxy groups -OCH3 is 1. The molecule has 1 aromatic carbocycles. The third-order valence-corrected chi connectivity index (χ3v) is 2.14. The number of ether oxygens (including phenoxy) is 2. The Morgan fingerprint density at radius 2 is 1.84 bits per heavy atom. The summed E-state index contributed by atoms with van der Waals surface area (Å²) >= 11 is 0. The van der Waals surface area contributed by atoms with Gasteiger partial charge in [-0.05, 0) is 24.3 Å². The Kier molecular flexibility index (Phi) is 5.94. The second-order valence-corrected chi connectivity index (χ2v) is 3.57. The van der Waals surface area contributed by atoms with Gasteiger partial charge in [-0.2, -0.15) is 0 Å². The molecule has 0 spiro atoms. The number of nitrogens with two attached hydrogens (primary N) is 1. The maximum atomic E-state index is 11.2. The minimum absolute atomic E-state index is 0.189. The van der Waals surface area contributed by atoms with E-state index in [0.717, 1.165) is 17.8 Å². The van der Waals surface area contributed by atoms with E-state index in [1.165, 1.54) is 7.11 Å². The molecule has 0 saturated heterocycles. The number of anilines is 2. The monoisotopic (exact) mass is 264 g/mol. The molecule has 0 atom stereocenters. The summed E-state index contributed by atoms with van der Waals surface area (Å²) in [6, 6.07) is 7.20. The van der Waals surface area contributed by atoms with Crippen LogP contribution in [0.4, 0.5) is 11.4 Å². The minimum atomic E-state index is -0.600. The Morgan fingerprint density at radius 1 is 1.21 bits per heavy atom. The van der Waals surface area contributed by atoms with E-state index in [9.17, 15) is 9.59 Å². The standard InChI is InChI=1S/C13H16N2O4/c1-18-12(16)6-7-13(17)19-9-8-15-11-4-2-10(14)3-5-11/h2-7,15H,8-9,14H2,1H3/b7-6+. The molecule has 3 N–H and O–H groups in total. The van der Waals surface area contributed by atoms with Gasteiger partial charge in [0.2, 0.25) is 0 Å². The number of nitrogen functional groups attached to an aromatic ring is 1. The molecule has 0 heterocycles. The van der Waals surface area contributed by atoms with Crippen LogP contribution < -0.4 is 11.1 Å². The normalized spacial score (nSPS) is 10.2. The van der Waals surface area contributed by atoms with Crippen molar-refractivity contribution in [3.8, 4) is 0 Å². The van der Waals surface area contributed by atoms with Crippen molar-refractivity contribution >= 4 is 23.3 Å². The van der Waals surface area contributed by atoms with Gasteiger partial charge < -0.3 is 20.5 Å². The van der Waals surface area contributed by atoms with Gasteiger partial charge >= 0.3 is 11.9 Å². The van der Waals surface area contributed by atoms with E-state index < -0.39 is 11.9 Å². The first kappa shape index (κ1) is 14.6. The van der Waals surface area contributed by atoms with Crippen molar-refractivity contribution in [2.24, 2.45) is 0 Å². The van der Waals surface area contributed by atoms with Crippen LogP contribution >= 0.6 is 0 Å². The zero-order chi connectivity index (χ0) is 14.1. The smallest absolute Gasteiger partial charge is 0.331 e. The molecule has 6 nitrogen and oxygen atoms in total. The third kappa shape index (κ3) is 6.11. The molecule has 0 aromatic heterocycles. The molecule has 0 saturated carbocycles. The molecule has 0 unspecified atom stereocenters. The van der Waals surface area contributed by atoms with E-state index in [-0.39, 0.29) is 6.61 Å². The maximum absolute atomic E-state index is 11.2. The van der Waals surface area contributed by atoms with Gasteiger partial charge in [0.25, 0.3) is 0 Å². The van der Waals surface area contributed by atoms with Gasteiger partial charge in [-0.3, -0.25) is 0 Å². The molecule has 6 heteroatoms. The number of benzene rings is 1. The van der Waals surface area contributed by atoms with E-state index in [4.69, 9.17) is 10.5 Å². The largest absolute Gasteiger partial charge is 0.466 e. The van der Waals surface area contributed by atoms with Crippen LogP contribution in [0.15, 0.2) is 36.4 Å². The molecule has 1 aromatic rings. The molecule has 0 amide bonds. The fraction of sp³-hybridized carbons (Fsp3) is 0.231. The van der Waals surface area contributed by atoms with Crippen molar-refractivity contribution in [2.75, 3.05) is 31.3 Å². The molecule has 0 fully saturated rings. The van der Waals surface area contributed by atoms with E-state index in [1.54, 1.807) is 12.1 Å². The molecule has 19 heavy (non-hydrogen) atoms. The predicted molar refractivity (Wildman–Crippen MR) is 71.5 cm³/mol. The fourth-order valence-electron chi connectivity index (χ4n) is 1.20. The molecule has 0 bridgehead atoms. The topological polar surface area (TPSA) is 90.7 Å². The Morgan fingerprint density at radius 3 is 2.47 bits per heavy atom. The lowest BCUT2D eigenvalue weighted by Crippen LogP contribution is -2.12. The highest BCUT2D eigenvalue weighted by Gasteiger charge is 1.99. The first-order valence-corrected chi connectivity index (χ1v) is 5.64. The number of hydrogen-bond donors (Lipinski definition) is 2. The van der Waals surface area contributed by atoms with Gasteiger partial charge in [0.15, 0.2) is 0 Å². The number of esters is 2. The lowest BCUT2D eigenvalue weighted by atomic mass is 10.3. The van der Waals surface area contributed by atoms with Gasteiger partial charge in [0.05, 0.1) is 7.11 Å². The summed E-state index contributed by atoms with van der Waals surface area (Å²) in [7, 11) is 1.23. The van der Waals surface area contributed by atoms with Crippen LogP contribution in [0.2, 0.25) is 0 Å². The first-order chi connectivity index (χ1) is 9.11. The summed E-state index contributed by atoms with van der Waals surface area (Å²) in [5, 5.41) is 3.05. The summed E-state index contributed by atoms with van der Waals surface area (Å²) in [5.74, 6) is -1.19. The van der Waals surface area contributed by atoms with Crippen molar-refractivity contribution in [2.45, 2.75) is 0 Å². The fourth-order valence-corrected chi connectivity index (χ4v) is 1.20. The van der Waals surface area contributed by atoms with Crippen LogP contribution in [0, 0.1) is 0 Å². The molecule has 0 aliphatic carbocycles. The summed E-state index contributed by atoms with van der Waals surface area (Å²) in [6.45, 7) is 0.649. The van der Waals surface area contributed by atoms with Gasteiger partial charge in [-0.15, -0.1) is 0 Å². The van der Waals surface area contributed by atoms with Crippen molar-refractivity contribution in [3.05, 3.63) is 36.4 Å². The van der Waals surface area contributed by atoms with E-state index >= 15 is 0 Å². The quantitative estimate of drug-likeness (QED) is 0.344.